The molecule has 3 N–H and O–H groups in total. The second-order valence-electron chi connectivity index (χ2n) is 4.33. The Bertz CT molecular complexity index is 381. The van der Waals surface area contributed by atoms with Crippen LogP contribution in [0, 0.1) is 0 Å². The molecule has 1 aromatic rings. The van der Waals surface area contributed by atoms with Crippen LogP contribution in [0.3, 0.4) is 0 Å². The fourth-order valence-electron chi connectivity index (χ4n) is 2.12. The molecule has 0 radical (unpaired) electrons. The molecule has 1 saturated heterocycles. The van der Waals surface area contributed by atoms with Crippen LogP contribution in [0.1, 0.15) is 23.8 Å². The third kappa shape index (κ3) is 2.58. The number of anilines is 1. The Balaban J connectivity index is 1.93. The van der Waals surface area contributed by atoms with Crippen molar-refractivity contribution in [2.75, 3.05) is 38.5 Å². The predicted molar refractivity (Wildman–Crippen MR) is 65.6 cm³/mol. The largest absolute Gasteiger partial charge is 0.396 e. The average molecular weight is 237 g/mol. The number of amides is 1. The van der Waals surface area contributed by atoms with Gasteiger partial charge in [-0.15, -0.1) is 0 Å². The molecule has 0 atom stereocenters. The molecule has 0 unspecified atom stereocenters. The van der Waals surface area contributed by atoms with E-state index < -0.39 is 0 Å². The molecule has 1 aliphatic heterocycles. The summed E-state index contributed by atoms with van der Waals surface area (Å²) in [6.45, 7) is 6.67. The Labute approximate surface area is 101 Å². The van der Waals surface area contributed by atoms with E-state index in [4.69, 9.17) is 5.73 Å². The van der Waals surface area contributed by atoms with Gasteiger partial charge in [-0.1, -0.05) is 6.92 Å². The van der Waals surface area contributed by atoms with Gasteiger partial charge in [0.05, 0.1) is 11.9 Å². The lowest BCUT2D eigenvalue weighted by Gasteiger charge is -2.34. The van der Waals surface area contributed by atoms with Crippen molar-refractivity contribution in [3.05, 3.63) is 11.9 Å². The summed E-state index contributed by atoms with van der Waals surface area (Å²) < 4.78 is 0. The normalized spacial score (nSPS) is 17.4. The lowest BCUT2D eigenvalue weighted by Crippen LogP contribution is -2.48. The van der Waals surface area contributed by atoms with E-state index in [-0.39, 0.29) is 5.91 Å². The van der Waals surface area contributed by atoms with Crippen molar-refractivity contribution in [3.63, 3.8) is 0 Å². The number of aromatic amines is 1. The minimum Gasteiger partial charge on any atom is -0.396 e. The van der Waals surface area contributed by atoms with Gasteiger partial charge in [0.25, 0.3) is 5.91 Å². The third-order valence-corrected chi connectivity index (χ3v) is 3.08. The number of hydrogen-bond acceptors (Lipinski definition) is 4. The van der Waals surface area contributed by atoms with E-state index in [9.17, 15) is 4.79 Å². The molecular formula is C11H19N5O. The molecule has 1 aliphatic rings. The smallest absolute Gasteiger partial charge is 0.274 e. The van der Waals surface area contributed by atoms with Crippen LogP contribution < -0.4 is 5.73 Å². The van der Waals surface area contributed by atoms with Crippen molar-refractivity contribution in [1.29, 1.82) is 0 Å². The Hall–Kier alpha value is -1.56. The van der Waals surface area contributed by atoms with Crippen LogP contribution in [0.2, 0.25) is 0 Å². The molecule has 94 valence electrons. The van der Waals surface area contributed by atoms with Gasteiger partial charge < -0.3 is 10.6 Å². The first-order valence-electron chi connectivity index (χ1n) is 6.03. The maximum absolute atomic E-state index is 12.1. The van der Waals surface area contributed by atoms with Crippen molar-refractivity contribution in [2.45, 2.75) is 13.3 Å². The molecule has 2 heterocycles. The number of nitrogens with zero attached hydrogens (tertiary/aromatic N) is 3. The summed E-state index contributed by atoms with van der Waals surface area (Å²) in [7, 11) is 0. The molecule has 0 spiro atoms. The Morgan fingerprint density at radius 1 is 1.47 bits per heavy atom. The zero-order chi connectivity index (χ0) is 12.3. The maximum atomic E-state index is 12.1. The van der Waals surface area contributed by atoms with E-state index in [1.54, 1.807) is 0 Å². The standard InChI is InChI=1S/C11H19N5O/c1-2-3-15-4-6-16(7-5-15)11(17)10-9(12)8-13-14-10/h8H,2-7,12H2,1H3,(H,13,14). The third-order valence-electron chi connectivity index (χ3n) is 3.08. The number of carbonyl (C=O) groups excluding carboxylic acids is 1. The number of nitrogen functional groups attached to an aromatic ring is 1. The van der Waals surface area contributed by atoms with E-state index in [1.807, 2.05) is 4.90 Å². The van der Waals surface area contributed by atoms with E-state index in [0.29, 0.717) is 11.4 Å². The van der Waals surface area contributed by atoms with Gasteiger partial charge in [0, 0.05) is 26.2 Å². The minimum absolute atomic E-state index is 0.0452. The van der Waals surface area contributed by atoms with Gasteiger partial charge in [0.15, 0.2) is 0 Å². The van der Waals surface area contributed by atoms with Gasteiger partial charge in [-0.3, -0.25) is 14.8 Å². The molecule has 0 aliphatic carbocycles. The molecule has 1 aromatic heterocycles. The van der Waals surface area contributed by atoms with E-state index in [2.05, 4.69) is 22.0 Å². The molecule has 0 aromatic carbocycles. The maximum Gasteiger partial charge on any atom is 0.274 e. The van der Waals surface area contributed by atoms with Crippen molar-refractivity contribution in [1.82, 2.24) is 20.0 Å². The SMILES string of the molecule is CCCN1CCN(C(=O)c2[nH]ncc2N)CC1. The van der Waals surface area contributed by atoms with Crippen LogP contribution in [0.25, 0.3) is 0 Å². The number of hydrogen-bond donors (Lipinski definition) is 2. The second kappa shape index (κ2) is 5.18. The highest BCUT2D eigenvalue weighted by molar-refractivity contribution is 5.97. The summed E-state index contributed by atoms with van der Waals surface area (Å²) in [6.07, 6.45) is 2.63. The van der Waals surface area contributed by atoms with Crippen LogP contribution >= 0.6 is 0 Å². The topological polar surface area (TPSA) is 78.2 Å². The molecule has 17 heavy (non-hydrogen) atoms. The molecule has 6 nitrogen and oxygen atoms in total. The fraction of sp³-hybridized carbons (Fsp3) is 0.636. The average Bonchev–Trinajstić information content (AvgIpc) is 2.76. The van der Waals surface area contributed by atoms with E-state index in [0.717, 1.165) is 39.1 Å². The predicted octanol–water partition coefficient (Wildman–Crippen LogP) is 0.160. The molecule has 1 amide bonds. The zero-order valence-corrected chi connectivity index (χ0v) is 10.1. The molecule has 1 fully saturated rings. The monoisotopic (exact) mass is 237 g/mol. The highest BCUT2D eigenvalue weighted by atomic mass is 16.2. The molecule has 0 saturated carbocycles. The van der Waals surface area contributed by atoms with Crippen LogP contribution in [0.5, 0.6) is 0 Å². The van der Waals surface area contributed by atoms with Crippen LogP contribution in [-0.4, -0.2) is 58.6 Å². The van der Waals surface area contributed by atoms with E-state index in [1.165, 1.54) is 6.20 Å². The van der Waals surface area contributed by atoms with Gasteiger partial charge in [-0.2, -0.15) is 5.10 Å². The first-order valence-corrected chi connectivity index (χ1v) is 6.03. The Kier molecular flexibility index (Phi) is 3.63. The number of aromatic nitrogens is 2. The molecule has 2 rings (SSSR count). The quantitative estimate of drug-likeness (QED) is 0.785. The van der Waals surface area contributed by atoms with Crippen LogP contribution in [0.4, 0.5) is 5.69 Å². The van der Waals surface area contributed by atoms with Gasteiger partial charge in [0.1, 0.15) is 5.69 Å². The fourth-order valence-corrected chi connectivity index (χ4v) is 2.12. The second-order valence-corrected chi connectivity index (χ2v) is 4.33. The van der Waals surface area contributed by atoms with Crippen molar-refractivity contribution >= 4 is 11.6 Å². The van der Waals surface area contributed by atoms with E-state index >= 15 is 0 Å². The Morgan fingerprint density at radius 3 is 2.71 bits per heavy atom. The number of H-pyrrole nitrogens is 1. The van der Waals surface area contributed by atoms with Gasteiger partial charge in [-0.05, 0) is 13.0 Å². The van der Waals surface area contributed by atoms with Gasteiger partial charge in [-0.25, -0.2) is 0 Å². The molecule has 6 heteroatoms. The summed E-state index contributed by atoms with van der Waals surface area (Å²) in [5.74, 6) is -0.0452. The number of piperazine rings is 1. The lowest BCUT2D eigenvalue weighted by atomic mass is 10.2. The summed E-state index contributed by atoms with van der Waals surface area (Å²) in [4.78, 5) is 16.3. The minimum atomic E-state index is -0.0452. The zero-order valence-electron chi connectivity index (χ0n) is 10.1. The number of nitrogens with two attached hydrogens (primary N) is 1. The van der Waals surface area contributed by atoms with Crippen LogP contribution in [0.15, 0.2) is 6.20 Å². The van der Waals surface area contributed by atoms with Gasteiger partial charge >= 0.3 is 0 Å². The number of nitrogens with one attached hydrogen (secondary N) is 1. The van der Waals surface area contributed by atoms with Gasteiger partial charge in [0.2, 0.25) is 0 Å². The number of rotatable bonds is 3. The molecular weight excluding hydrogens is 218 g/mol. The highest BCUT2D eigenvalue weighted by Crippen LogP contribution is 2.12. The van der Waals surface area contributed by atoms with Crippen molar-refractivity contribution < 1.29 is 4.79 Å². The summed E-state index contributed by atoms with van der Waals surface area (Å²) >= 11 is 0. The molecule has 0 bridgehead atoms. The Morgan fingerprint density at radius 2 is 2.18 bits per heavy atom. The summed E-state index contributed by atoms with van der Waals surface area (Å²) in [5.41, 5.74) is 6.50. The first kappa shape index (κ1) is 11.9. The highest BCUT2D eigenvalue weighted by Gasteiger charge is 2.23. The van der Waals surface area contributed by atoms with Crippen LogP contribution in [-0.2, 0) is 0 Å². The summed E-state index contributed by atoms with van der Waals surface area (Å²) in [5, 5.41) is 6.43. The van der Waals surface area contributed by atoms with Crippen molar-refractivity contribution in [3.8, 4) is 0 Å². The number of carbonyl (C=O) groups is 1. The van der Waals surface area contributed by atoms with Crippen molar-refractivity contribution in [2.24, 2.45) is 0 Å². The summed E-state index contributed by atoms with van der Waals surface area (Å²) in [6, 6.07) is 0. The lowest BCUT2D eigenvalue weighted by molar-refractivity contribution is 0.0633. The first-order chi connectivity index (χ1) is 8.22.